The first-order valence-electron chi connectivity index (χ1n) is 6.47. The third-order valence-electron chi connectivity index (χ3n) is 3.21. The molecular formula is C16H18F2OSi. The average Bonchev–Trinajstić information content (AvgIpc) is 2.36. The van der Waals surface area contributed by atoms with Gasteiger partial charge >= 0.3 is 0 Å². The van der Waals surface area contributed by atoms with Gasteiger partial charge in [-0.15, -0.1) is 0 Å². The molecule has 2 rings (SSSR count). The van der Waals surface area contributed by atoms with Gasteiger partial charge in [-0.1, -0.05) is 31.8 Å². The van der Waals surface area contributed by atoms with Crippen molar-refractivity contribution in [3.63, 3.8) is 0 Å². The zero-order chi connectivity index (χ0) is 14.9. The van der Waals surface area contributed by atoms with Crippen LogP contribution in [0.5, 0.6) is 5.75 Å². The monoisotopic (exact) mass is 292 g/mol. The number of rotatable bonds is 3. The Kier molecular flexibility index (Phi) is 3.95. The molecule has 0 fully saturated rings. The molecule has 0 aliphatic carbocycles. The van der Waals surface area contributed by atoms with E-state index in [9.17, 15) is 8.78 Å². The molecule has 0 heterocycles. The summed E-state index contributed by atoms with van der Waals surface area (Å²) in [6, 6.07) is 9.40. The Hall–Kier alpha value is -1.68. The van der Waals surface area contributed by atoms with E-state index in [1.54, 1.807) is 31.4 Å². The number of halogens is 2. The molecule has 4 heteroatoms. The average molecular weight is 292 g/mol. The minimum Gasteiger partial charge on any atom is -0.497 e. The second kappa shape index (κ2) is 5.36. The quantitative estimate of drug-likeness (QED) is 0.771. The summed E-state index contributed by atoms with van der Waals surface area (Å²) < 4.78 is 33.5. The molecular weight excluding hydrogens is 274 g/mol. The van der Waals surface area contributed by atoms with E-state index < -0.39 is 8.07 Å². The molecule has 0 saturated heterocycles. The lowest BCUT2D eigenvalue weighted by Gasteiger charge is -2.22. The number of ether oxygens (including phenoxy) is 1. The minimum atomic E-state index is -1.92. The fraction of sp³-hybridized carbons (Fsp3) is 0.250. The molecule has 0 saturated carbocycles. The first-order chi connectivity index (χ1) is 9.34. The van der Waals surface area contributed by atoms with Gasteiger partial charge in [-0.2, -0.15) is 0 Å². The van der Waals surface area contributed by atoms with Gasteiger partial charge < -0.3 is 4.74 Å². The number of methoxy groups -OCH3 is 1. The van der Waals surface area contributed by atoms with Crippen LogP contribution in [0, 0.1) is 11.6 Å². The maximum absolute atomic E-state index is 14.9. The second-order valence-electron chi connectivity index (χ2n) is 5.76. The van der Waals surface area contributed by atoms with E-state index in [0.29, 0.717) is 22.1 Å². The lowest BCUT2D eigenvalue weighted by molar-refractivity contribution is 0.415. The van der Waals surface area contributed by atoms with Crippen molar-refractivity contribution in [1.82, 2.24) is 0 Å². The first kappa shape index (κ1) is 14.7. The zero-order valence-electron chi connectivity index (χ0n) is 12.1. The third kappa shape index (κ3) is 2.75. The van der Waals surface area contributed by atoms with Crippen LogP contribution in [-0.2, 0) is 0 Å². The van der Waals surface area contributed by atoms with E-state index in [1.165, 1.54) is 12.1 Å². The standard InChI is InChI=1S/C16H18F2OSi/c1-19-14-9-8-13(11-6-5-7-12(17)10-11)15(18)16(14)20(2,3)4/h5-10H,1-4H3. The molecule has 0 unspecified atom stereocenters. The van der Waals surface area contributed by atoms with Crippen molar-refractivity contribution in [2.75, 3.05) is 7.11 Å². The Morgan fingerprint density at radius 1 is 1.00 bits per heavy atom. The Bertz CT molecular complexity index is 633. The van der Waals surface area contributed by atoms with Gasteiger partial charge in [0.2, 0.25) is 0 Å². The predicted molar refractivity (Wildman–Crippen MR) is 81.3 cm³/mol. The topological polar surface area (TPSA) is 9.23 Å². The van der Waals surface area contributed by atoms with Crippen molar-refractivity contribution in [2.45, 2.75) is 19.6 Å². The SMILES string of the molecule is COc1ccc(-c2cccc(F)c2)c(F)c1[Si](C)(C)C. The molecule has 0 radical (unpaired) electrons. The summed E-state index contributed by atoms with van der Waals surface area (Å²) in [6.45, 7) is 6.18. The van der Waals surface area contributed by atoms with Gasteiger partial charge in [0.05, 0.1) is 15.2 Å². The normalized spacial score (nSPS) is 11.5. The fourth-order valence-corrected chi connectivity index (χ4v) is 4.02. The molecule has 0 aliphatic heterocycles. The van der Waals surface area contributed by atoms with Crippen LogP contribution in [0.25, 0.3) is 11.1 Å². The van der Waals surface area contributed by atoms with Crippen LogP contribution in [0.4, 0.5) is 8.78 Å². The van der Waals surface area contributed by atoms with Crippen LogP contribution in [0.2, 0.25) is 19.6 Å². The van der Waals surface area contributed by atoms with Gasteiger partial charge in [-0.25, -0.2) is 8.78 Å². The van der Waals surface area contributed by atoms with E-state index in [4.69, 9.17) is 4.74 Å². The highest BCUT2D eigenvalue weighted by Gasteiger charge is 2.27. The van der Waals surface area contributed by atoms with Crippen LogP contribution in [-0.4, -0.2) is 15.2 Å². The van der Waals surface area contributed by atoms with Crippen LogP contribution in [0.3, 0.4) is 0 Å². The highest BCUT2D eigenvalue weighted by Crippen LogP contribution is 2.27. The second-order valence-corrected chi connectivity index (χ2v) is 10.8. The summed E-state index contributed by atoms with van der Waals surface area (Å²) in [6.07, 6.45) is 0. The molecule has 0 aliphatic rings. The molecule has 0 aromatic heterocycles. The van der Waals surface area contributed by atoms with Gasteiger partial charge in [-0.05, 0) is 29.8 Å². The lowest BCUT2D eigenvalue weighted by atomic mass is 10.0. The van der Waals surface area contributed by atoms with Crippen LogP contribution >= 0.6 is 0 Å². The Labute approximate surface area is 119 Å². The summed E-state index contributed by atoms with van der Waals surface area (Å²) in [7, 11) is -0.373. The van der Waals surface area contributed by atoms with Crippen molar-refractivity contribution in [3.05, 3.63) is 48.0 Å². The number of hydrogen-bond donors (Lipinski definition) is 0. The molecule has 1 nitrogen and oxygen atoms in total. The molecule has 0 bridgehead atoms. The zero-order valence-corrected chi connectivity index (χ0v) is 13.1. The summed E-state index contributed by atoms with van der Waals surface area (Å²) in [5.41, 5.74) is 0.965. The number of hydrogen-bond acceptors (Lipinski definition) is 1. The van der Waals surface area contributed by atoms with Gasteiger partial charge in [0, 0.05) is 10.8 Å². The predicted octanol–water partition coefficient (Wildman–Crippen LogP) is 4.19. The summed E-state index contributed by atoms with van der Waals surface area (Å²) in [5, 5.41) is 0.641. The van der Waals surface area contributed by atoms with Crippen molar-refractivity contribution < 1.29 is 13.5 Å². The summed E-state index contributed by atoms with van der Waals surface area (Å²) >= 11 is 0. The smallest absolute Gasteiger partial charge is 0.133 e. The van der Waals surface area contributed by atoms with Crippen LogP contribution < -0.4 is 9.92 Å². The van der Waals surface area contributed by atoms with Crippen LogP contribution in [0.1, 0.15) is 0 Å². The summed E-state index contributed by atoms with van der Waals surface area (Å²) in [5.74, 6) is -0.0943. The van der Waals surface area contributed by atoms with Crippen molar-refractivity contribution in [3.8, 4) is 16.9 Å². The third-order valence-corrected chi connectivity index (χ3v) is 5.18. The highest BCUT2D eigenvalue weighted by atomic mass is 28.3. The molecule has 2 aromatic carbocycles. The van der Waals surface area contributed by atoms with E-state index >= 15 is 0 Å². The molecule has 0 atom stereocenters. The van der Waals surface area contributed by atoms with Crippen LogP contribution in [0.15, 0.2) is 36.4 Å². The lowest BCUT2D eigenvalue weighted by Crippen LogP contribution is -2.41. The van der Waals surface area contributed by atoms with Gasteiger partial charge in [0.25, 0.3) is 0 Å². The number of benzene rings is 2. The van der Waals surface area contributed by atoms with Gasteiger partial charge in [-0.3, -0.25) is 0 Å². The fourth-order valence-electron chi connectivity index (χ4n) is 2.31. The maximum Gasteiger partial charge on any atom is 0.133 e. The largest absolute Gasteiger partial charge is 0.497 e. The molecule has 2 aromatic rings. The first-order valence-corrected chi connectivity index (χ1v) is 9.97. The van der Waals surface area contributed by atoms with Gasteiger partial charge in [0.1, 0.15) is 17.4 Å². The summed E-state index contributed by atoms with van der Waals surface area (Å²) in [4.78, 5) is 0. The highest BCUT2D eigenvalue weighted by molar-refractivity contribution is 6.89. The molecule has 0 N–H and O–H groups in total. The van der Waals surface area contributed by atoms with Gasteiger partial charge in [0.15, 0.2) is 0 Å². The Morgan fingerprint density at radius 2 is 1.70 bits per heavy atom. The Balaban J connectivity index is 2.68. The van der Waals surface area contributed by atoms with Crippen molar-refractivity contribution in [1.29, 1.82) is 0 Å². The van der Waals surface area contributed by atoms with Crippen molar-refractivity contribution >= 4 is 13.3 Å². The van der Waals surface area contributed by atoms with E-state index in [2.05, 4.69) is 19.6 Å². The Morgan fingerprint density at radius 3 is 2.25 bits per heavy atom. The molecule has 20 heavy (non-hydrogen) atoms. The van der Waals surface area contributed by atoms with E-state index in [1.807, 2.05) is 0 Å². The van der Waals surface area contributed by atoms with Crippen molar-refractivity contribution in [2.24, 2.45) is 0 Å². The molecule has 0 amide bonds. The van der Waals surface area contributed by atoms with E-state index in [-0.39, 0.29) is 11.6 Å². The van der Waals surface area contributed by atoms with E-state index in [0.717, 1.165) is 0 Å². The maximum atomic E-state index is 14.9. The minimum absolute atomic E-state index is 0.297. The molecule has 0 spiro atoms. The molecule has 106 valence electrons.